The summed E-state index contributed by atoms with van der Waals surface area (Å²) in [7, 11) is 0. The van der Waals surface area contributed by atoms with Gasteiger partial charge in [0.2, 0.25) is 0 Å². The highest BCUT2D eigenvalue weighted by Gasteiger charge is 2.42. The molecular formula is C12H13ClOS. The summed E-state index contributed by atoms with van der Waals surface area (Å²) in [4.78, 5) is 1.16. The topological polar surface area (TPSA) is 20.2 Å². The first-order valence-electron chi connectivity index (χ1n) is 5.36. The van der Waals surface area contributed by atoms with Crippen LogP contribution in [0.3, 0.4) is 0 Å². The quantitative estimate of drug-likeness (QED) is 0.872. The number of thioether (sulfide) groups is 1. The molecule has 15 heavy (non-hydrogen) atoms. The Labute approximate surface area is 98.8 Å². The normalized spacial score (nSPS) is 22.8. The van der Waals surface area contributed by atoms with Gasteiger partial charge in [-0.05, 0) is 43.4 Å². The molecule has 3 rings (SSSR count). The van der Waals surface area contributed by atoms with Crippen molar-refractivity contribution < 1.29 is 5.11 Å². The fourth-order valence-electron chi connectivity index (χ4n) is 1.66. The molecule has 0 bridgehead atoms. The number of halogens is 1. The molecule has 2 saturated carbocycles. The number of aliphatic hydroxyl groups is 1. The van der Waals surface area contributed by atoms with Gasteiger partial charge in [-0.25, -0.2) is 0 Å². The molecule has 0 heterocycles. The van der Waals surface area contributed by atoms with Crippen molar-refractivity contribution in [1.29, 1.82) is 0 Å². The largest absolute Gasteiger partial charge is 0.385 e. The second-order valence-corrected chi connectivity index (χ2v) is 6.24. The fraction of sp³-hybridized carbons (Fsp3) is 0.500. The Hall–Kier alpha value is -0.180. The van der Waals surface area contributed by atoms with E-state index >= 15 is 0 Å². The van der Waals surface area contributed by atoms with Gasteiger partial charge in [-0.2, -0.15) is 0 Å². The van der Waals surface area contributed by atoms with Crippen molar-refractivity contribution in [3.8, 4) is 0 Å². The van der Waals surface area contributed by atoms with Crippen LogP contribution in [0.4, 0.5) is 0 Å². The average molecular weight is 241 g/mol. The smallest absolute Gasteiger partial charge is 0.0899 e. The summed E-state index contributed by atoms with van der Waals surface area (Å²) in [6, 6.07) is 6.00. The minimum atomic E-state index is -0.563. The summed E-state index contributed by atoms with van der Waals surface area (Å²) in [5.41, 5.74) is 0.416. The SMILES string of the molecule is OC1(c2ccc(SC3CC3)c(Cl)c2)CC1. The van der Waals surface area contributed by atoms with Crippen LogP contribution in [0.15, 0.2) is 23.1 Å². The van der Waals surface area contributed by atoms with E-state index in [0.29, 0.717) is 0 Å². The number of benzene rings is 1. The summed E-state index contributed by atoms with van der Waals surface area (Å²) < 4.78 is 0. The Morgan fingerprint density at radius 2 is 2.07 bits per heavy atom. The molecule has 3 heteroatoms. The van der Waals surface area contributed by atoms with Gasteiger partial charge in [0, 0.05) is 10.1 Å². The fourth-order valence-corrected chi connectivity index (χ4v) is 3.02. The third-order valence-corrected chi connectivity index (χ3v) is 4.85. The summed E-state index contributed by atoms with van der Waals surface area (Å²) in [6.07, 6.45) is 4.37. The molecule has 1 aromatic rings. The molecule has 1 aromatic carbocycles. The first kappa shape index (κ1) is 10.0. The van der Waals surface area contributed by atoms with Crippen molar-refractivity contribution >= 4 is 23.4 Å². The molecular weight excluding hydrogens is 228 g/mol. The molecule has 2 aliphatic carbocycles. The first-order valence-corrected chi connectivity index (χ1v) is 6.62. The molecule has 2 fully saturated rings. The van der Waals surface area contributed by atoms with Crippen molar-refractivity contribution in [1.82, 2.24) is 0 Å². The minimum Gasteiger partial charge on any atom is -0.385 e. The maximum absolute atomic E-state index is 9.94. The van der Waals surface area contributed by atoms with Crippen molar-refractivity contribution in [3.63, 3.8) is 0 Å². The van der Waals surface area contributed by atoms with Crippen LogP contribution in [0, 0.1) is 0 Å². The van der Waals surface area contributed by atoms with E-state index in [4.69, 9.17) is 11.6 Å². The lowest BCUT2D eigenvalue weighted by molar-refractivity contribution is 0.151. The molecule has 0 radical (unpaired) electrons. The Balaban J connectivity index is 1.85. The van der Waals surface area contributed by atoms with Gasteiger partial charge in [-0.1, -0.05) is 17.7 Å². The van der Waals surface area contributed by atoms with E-state index in [0.717, 1.165) is 33.6 Å². The number of hydrogen-bond donors (Lipinski definition) is 1. The molecule has 80 valence electrons. The van der Waals surface area contributed by atoms with Gasteiger partial charge in [-0.3, -0.25) is 0 Å². The molecule has 0 amide bonds. The van der Waals surface area contributed by atoms with Crippen LogP contribution in [-0.4, -0.2) is 10.4 Å². The predicted molar refractivity (Wildman–Crippen MR) is 63.5 cm³/mol. The van der Waals surface area contributed by atoms with Gasteiger partial charge in [0.05, 0.1) is 10.6 Å². The van der Waals surface area contributed by atoms with Gasteiger partial charge in [0.1, 0.15) is 0 Å². The Bertz CT molecular complexity index is 397. The Morgan fingerprint density at radius 3 is 2.60 bits per heavy atom. The highest BCUT2D eigenvalue weighted by molar-refractivity contribution is 8.00. The zero-order valence-electron chi connectivity index (χ0n) is 8.37. The third-order valence-electron chi connectivity index (χ3n) is 3.01. The van der Waals surface area contributed by atoms with Crippen LogP contribution in [0.25, 0.3) is 0 Å². The summed E-state index contributed by atoms with van der Waals surface area (Å²) in [5.74, 6) is 0. The monoisotopic (exact) mass is 240 g/mol. The van der Waals surface area contributed by atoms with Crippen molar-refractivity contribution in [2.24, 2.45) is 0 Å². The first-order chi connectivity index (χ1) is 7.17. The van der Waals surface area contributed by atoms with Gasteiger partial charge in [-0.15, -0.1) is 11.8 Å². The zero-order valence-corrected chi connectivity index (χ0v) is 9.94. The Kier molecular flexibility index (Phi) is 2.27. The summed E-state index contributed by atoms with van der Waals surface area (Å²) in [5, 5.41) is 11.5. The van der Waals surface area contributed by atoms with Crippen LogP contribution >= 0.6 is 23.4 Å². The molecule has 2 aliphatic rings. The highest BCUT2D eigenvalue weighted by atomic mass is 35.5. The van der Waals surface area contributed by atoms with Gasteiger partial charge in [0.15, 0.2) is 0 Å². The van der Waals surface area contributed by atoms with Crippen LogP contribution in [0.1, 0.15) is 31.2 Å². The van der Waals surface area contributed by atoms with Crippen LogP contribution in [0.2, 0.25) is 5.02 Å². The van der Waals surface area contributed by atoms with Crippen LogP contribution in [0.5, 0.6) is 0 Å². The lowest BCUT2D eigenvalue weighted by Gasteiger charge is -2.10. The lowest BCUT2D eigenvalue weighted by Crippen LogP contribution is -2.03. The molecule has 0 aliphatic heterocycles. The molecule has 0 spiro atoms. The van der Waals surface area contributed by atoms with E-state index in [1.54, 1.807) is 0 Å². The summed E-state index contributed by atoms with van der Waals surface area (Å²) >= 11 is 8.07. The maximum Gasteiger partial charge on any atom is 0.0899 e. The predicted octanol–water partition coefficient (Wildman–Crippen LogP) is 3.58. The molecule has 0 aromatic heterocycles. The standard InChI is InChI=1S/C12H13ClOS/c13-10-7-8(12(14)5-6-12)1-4-11(10)15-9-2-3-9/h1,4,7,9,14H,2-3,5-6H2. The number of rotatable bonds is 3. The molecule has 0 atom stereocenters. The van der Waals surface area contributed by atoms with E-state index in [1.807, 2.05) is 23.9 Å². The van der Waals surface area contributed by atoms with Crippen LogP contribution < -0.4 is 0 Å². The summed E-state index contributed by atoms with van der Waals surface area (Å²) in [6.45, 7) is 0. The van der Waals surface area contributed by atoms with Crippen molar-refractivity contribution in [2.75, 3.05) is 0 Å². The second kappa shape index (κ2) is 3.41. The lowest BCUT2D eigenvalue weighted by atomic mass is 10.1. The maximum atomic E-state index is 9.94. The van der Waals surface area contributed by atoms with Crippen molar-refractivity contribution in [3.05, 3.63) is 28.8 Å². The Morgan fingerprint density at radius 1 is 1.33 bits per heavy atom. The minimum absolute atomic E-state index is 0.563. The van der Waals surface area contributed by atoms with Crippen LogP contribution in [-0.2, 0) is 5.60 Å². The van der Waals surface area contributed by atoms with Gasteiger partial charge < -0.3 is 5.11 Å². The van der Waals surface area contributed by atoms with E-state index < -0.39 is 5.60 Å². The highest BCUT2D eigenvalue weighted by Crippen LogP contribution is 2.48. The number of hydrogen-bond acceptors (Lipinski definition) is 2. The molecule has 0 unspecified atom stereocenters. The van der Waals surface area contributed by atoms with Gasteiger partial charge in [0.25, 0.3) is 0 Å². The van der Waals surface area contributed by atoms with E-state index in [1.165, 1.54) is 12.8 Å². The zero-order chi connectivity index (χ0) is 10.5. The van der Waals surface area contributed by atoms with E-state index in [2.05, 4.69) is 6.07 Å². The molecule has 1 nitrogen and oxygen atoms in total. The molecule has 0 saturated heterocycles. The van der Waals surface area contributed by atoms with E-state index in [9.17, 15) is 5.11 Å². The average Bonchev–Trinajstić information content (AvgIpc) is 3.08. The second-order valence-electron chi connectivity index (χ2n) is 4.49. The third kappa shape index (κ3) is 2.03. The molecule has 1 N–H and O–H groups in total. The van der Waals surface area contributed by atoms with Crippen molar-refractivity contribution in [2.45, 2.75) is 41.4 Å². The van der Waals surface area contributed by atoms with Gasteiger partial charge >= 0.3 is 0 Å². The van der Waals surface area contributed by atoms with E-state index in [-0.39, 0.29) is 0 Å².